The summed E-state index contributed by atoms with van der Waals surface area (Å²) in [6.45, 7) is 0. The van der Waals surface area contributed by atoms with Crippen LogP contribution in [0.3, 0.4) is 0 Å². The van der Waals surface area contributed by atoms with E-state index < -0.39 is 17.7 Å². The summed E-state index contributed by atoms with van der Waals surface area (Å²) in [6, 6.07) is 23.0. The number of halogens is 2. The van der Waals surface area contributed by atoms with Crippen molar-refractivity contribution in [3.05, 3.63) is 94.5 Å². The van der Waals surface area contributed by atoms with E-state index in [2.05, 4.69) is 10.6 Å². The molecule has 2 N–H and O–H groups in total. The van der Waals surface area contributed by atoms with Crippen molar-refractivity contribution in [1.29, 1.82) is 0 Å². The Labute approximate surface area is 173 Å². The molecule has 3 aromatic rings. The lowest BCUT2D eigenvalue weighted by molar-refractivity contribution is -0.129. The summed E-state index contributed by atoms with van der Waals surface area (Å²) in [4.78, 5) is 25.8. The molecule has 6 heteroatoms. The highest BCUT2D eigenvalue weighted by Gasteiger charge is 2.27. The van der Waals surface area contributed by atoms with E-state index in [0.29, 0.717) is 21.4 Å². The maximum absolute atomic E-state index is 12.9. The molecule has 0 saturated carbocycles. The number of amides is 2. The van der Waals surface area contributed by atoms with Crippen LogP contribution in [0.5, 0.6) is 0 Å². The summed E-state index contributed by atoms with van der Waals surface area (Å²) in [5.41, 5.74) is 1.95. The van der Waals surface area contributed by atoms with Gasteiger partial charge >= 0.3 is 0 Å². The molecule has 28 heavy (non-hydrogen) atoms. The van der Waals surface area contributed by atoms with Crippen LogP contribution >= 0.6 is 23.2 Å². The van der Waals surface area contributed by atoms with Crippen molar-refractivity contribution in [1.82, 2.24) is 0 Å². The molecular formula is C22H18Cl2N2O2. The maximum Gasteiger partial charge on any atom is 0.237 e. The van der Waals surface area contributed by atoms with E-state index >= 15 is 0 Å². The Kier molecular flexibility index (Phi) is 6.69. The summed E-state index contributed by atoms with van der Waals surface area (Å²) >= 11 is 12.0. The molecule has 2 amide bonds. The summed E-state index contributed by atoms with van der Waals surface area (Å²) in [5, 5.41) is 6.54. The number of rotatable bonds is 6. The average molecular weight is 413 g/mol. The number of hydrogen-bond acceptors (Lipinski definition) is 2. The van der Waals surface area contributed by atoms with Crippen molar-refractivity contribution in [2.24, 2.45) is 5.92 Å². The molecule has 0 aliphatic rings. The van der Waals surface area contributed by atoms with Gasteiger partial charge in [0.05, 0.1) is 0 Å². The lowest BCUT2D eigenvalue weighted by atomic mass is 9.97. The molecule has 0 heterocycles. The zero-order valence-electron chi connectivity index (χ0n) is 14.9. The van der Waals surface area contributed by atoms with E-state index in [0.717, 1.165) is 5.56 Å². The molecule has 0 spiro atoms. The fourth-order valence-electron chi connectivity index (χ4n) is 2.75. The van der Waals surface area contributed by atoms with Crippen LogP contribution in [0.2, 0.25) is 10.0 Å². The first-order valence-corrected chi connectivity index (χ1v) is 9.43. The van der Waals surface area contributed by atoms with Crippen molar-refractivity contribution < 1.29 is 9.59 Å². The normalized spacial score (nSPS) is 10.5. The molecule has 0 atom stereocenters. The second-order valence-corrected chi connectivity index (χ2v) is 7.11. The van der Waals surface area contributed by atoms with Crippen molar-refractivity contribution >= 4 is 46.4 Å². The van der Waals surface area contributed by atoms with Gasteiger partial charge in [0, 0.05) is 21.4 Å². The lowest BCUT2D eigenvalue weighted by Crippen LogP contribution is -2.35. The molecule has 0 fully saturated rings. The van der Waals surface area contributed by atoms with Gasteiger partial charge in [-0.2, -0.15) is 0 Å². The maximum atomic E-state index is 12.9. The van der Waals surface area contributed by atoms with E-state index in [1.165, 1.54) is 0 Å². The van der Waals surface area contributed by atoms with Crippen molar-refractivity contribution in [3.63, 3.8) is 0 Å². The number of carbonyl (C=O) groups excluding carboxylic acids is 2. The summed E-state index contributed by atoms with van der Waals surface area (Å²) in [5.74, 6) is -1.75. The quantitative estimate of drug-likeness (QED) is 0.530. The number of carbonyl (C=O) groups is 2. The number of nitrogens with one attached hydrogen (secondary N) is 2. The number of benzene rings is 3. The first-order chi connectivity index (χ1) is 13.5. The van der Waals surface area contributed by atoms with Crippen LogP contribution in [0.15, 0.2) is 78.9 Å². The molecule has 0 aromatic heterocycles. The molecule has 3 rings (SSSR count). The molecule has 0 saturated heterocycles. The van der Waals surface area contributed by atoms with Gasteiger partial charge in [0.25, 0.3) is 0 Å². The fourth-order valence-corrected chi connectivity index (χ4v) is 3.13. The molecule has 0 aliphatic heterocycles. The summed E-state index contributed by atoms with van der Waals surface area (Å²) in [7, 11) is 0. The number of anilines is 2. The van der Waals surface area contributed by atoms with E-state index in [1.807, 2.05) is 30.3 Å². The zero-order chi connectivity index (χ0) is 19.9. The standard InChI is InChI=1S/C22H18Cl2N2O2/c23-16-8-4-10-18(13-16)25-21(27)20(12-15-6-2-1-3-7-15)22(28)26-19-11-5-9-17(24)14-19/h1-11,13-14,20H,12H2,(H,25,27)(H,26,28). The lowest BCUT2D eigenvalue weighted by Gasteiger charge is -2.17. The van der Waals surface area contributed by atoms with Crippen LogP contribution in [0.4, 0.5) is 11.4 Å². The molecule has 0 radical (unpaired) electrons. The zero-order valence-corrected chi connectivity index (χ0v) is 16.4. The smallest absolute Gasteiger partial charge is 0.237 e. The van der Waals surface area contributed by atoms with E-state index in [4.69, 9.17) is 23.2 Å². The summed E-state index contributed by atoms with van der Waals surface area (Å²) < 4.78 is 0. The Morgan fingerprint density at radius 2 is 1.21 bits per heavy atom. The van der Waals surface area contributed by atoms with Gasteiger partial charge in [0.1, 0.15) is 5.92 Å². The average Bonchev–Trinajstić information content (AvgIpc) is 2.67. The molecule has 3 aromatic carbocycles. The van der Waals surface area contributed by atoms with Crippen LogP contribution in [-0.4, -0.2) is 11.8 Å². The van der Waals surface area contributed by atoms with Gasteiger partial charge in [-0.3, -0.25) is 9.59 Å². The van der Waals surface area contributed by atoms with Crippen molar-refractivity contribution in [2.75, 3.05) is 10.6 Å². The van der Waals surface area contributed by atoms with Crippen LogP contribution in [0.25, 0.3) is 0 Å². The molecule has 0 aliphatic carbocycles. The first-order valence-electron chi connectivity index (χ1n) is 8.68. The highest BCUT2D eigenvalue weighted by Crippen LogP contribution is 2.20. The van der Waals surface area contributed by atoms with Gasteiger partial charge in [-0.25, -0.2) is 0 Å². The largest absolute Gasteiger partial charge is 0.325 e. The molecule has 4 nitrogen and oxygen atoms in total. The minimum atomic E-state index is -0.930. The van der Waals surface area contributed by atoms with Crippen LogP contribution < -0.4 is 10.6 Å². The Balaban J connectivity index is 1.81. The second kappa shape index (κ2) is 9.40. The van der Waals surface area contributed by atoms with Crippen molar-refractivity contribution in [2.45, 2.75) is 6.42 Å². The Morgan fingerprint density at radius 3 is 1.68 bits per heavy atom. The van der Waals surface area contributed by atoms with Crippen LogP contribution in [0, 0.1) is 5.92 Å². The Bertz CT molecular complexity index is 918. The minimum Gasteiger partial charge on any atom is -0.325 e. The summed E-state index contributed by atoms with van der Waals surface area (Å²) in [6.07, 6.45) is 0.264. The minimum absolute atomic E-state index is 0.264. The van der Waals surface area contributed by atoms with Gasteiger partial charge in [-0.1, -0.05) is 65.7 Å². The predicted molar refractivity (Wildman–Crippen MR) is 114 cm³/mol. The predicted octanol–water partition coefficient (Wildman–Crippen LogP) is 5.43. The van der Waals surface area contributed by atoms with Gasteiger partial charge in [0.15, 0.2) is 0 Å². The Morgan fingerprint density at radius 1 is 0.714 bits per heavy atom. The molecular weight excluding hydrogens is 395 g/mol. The van der Waals surface area contributed by atoms with Crippen LogP contribution in [-0.2, 0) is 16.0 Å². The molecule has 0 bridgehead atoms. The monoisotopic (exact) mass is 412 g/mol. The third-order valence-corrected chi connectivity index (χ3v) is 4.57. The SMILES string of the molecule is O=C(Nc1cccc(Cl)c1)C(Cc1ccccc1)C(=O)Nc1cccc(Cl)c1. The van der Waals surface area contributed by atoms with Crippen LogP contribution in [0.1, 0.15) is 5.56 Å². The molecule has 142 valence electrons. The van der Waals surface area contributed by atoms with E-state index in [1.54, 1.807) is 48.5 Å². The topological polar surface area (TPSA) is 58.2 Å². The van der Waals surface area contributed by atoms with Crippen molar-refractivity contribution in [3.8, 4) is 0 Å². The first kappa shape index (κ1) is 19.9. The highest BCUT2D eigenvalue weighted by atomic mass is 35.5. The highest BCUT2D eigenvalue weighted by molar-refractivity contribution is 6.31. The number of hydrogen-bond donors (Lipinski definition) is 2. The molecule has 0 unspecified atom stereocenters. The van der Waals surface area contributed by atoms with Gasteiger partial charge in [0.2, 0.25) is 11.8 Å². The third kappa shape index (κ3) is 5.59. The Hall–Kier alpha value is -2.82. The third-order valence-electron chi connectivity index (χ3n) is 4.10. The van der Waals surface area contributed by atoms with E-state index in [-0.39, 0.29) is 6.42 Å². The second-order valence-electron chi connectivity index (χ2n) is 6.24. The fraction of sp³-hybridized carbons (Fsp3) is 0.0909. The van der Waals surface area contributed by atoms with Gasteiger partial charge in [-0.15, -0.1) is 0 Å². The van der Waals surface area contributed by atoms with Gasteiger partial charge < -0.3 is 10.6 Å². The van der Waals surface area contributed by atoms with E-state index in [9.17, 15) is 9.59 Å². The van der Waals surface area contributed by atoms with Gasteiger partial charge in [-0.05, 0) is 48.4 Å².